The number of nitrogens with one attached hydrogen (secondary N) is 1. The zero-order valence-electron chi connectivity index (χ0n) is 10.1. The Labute approximate surface area is 106 Å². The second-order valence-corrected chi connectivity index (χ2v) is 4.36. The molecule has 0 heterocycles. The van der Waals surface area contributed by atoms with Crippen molar-refractivity contribution in [2.75, 3.05) is 6.61 Å². The molecule has 0 saturated heterocycles. The molecule has 0 atom stereocenters. The van der Waals surface area contributed by atoms with Crippen molar-refractivity contribution in [3.8, 4) is 0 Å². The number of amides is 1. The van der Waals surface area contributed by atoms with Crippen LogP contribution < -0.4 is 11.1 Å². The molecule has 1 amide bonds. The Morgan fingerprint density at radius 3 is 2.78 bits per heavy atom. The van der Waals surface area contributed by atoms with E-state index in [1.807, 2.05) is 30.3 Å². The summed E-state index contributed by atoms with van der Waals surface area (Å²) in [6.07, 6.45) is 2.64. The molecule has 18 heavy (non-hydrogen) atoms. The van der Waals surface area contributed by atoms with Crippen LogP contribution >= 0.6 is 0 Å². The Balaban J connectivity index is 1.69. The highest BCUT2D eigenvalue weighted by Crippen LogP contribution is 2.18. The van der Waals surface area contributed by atoms with Gasteiger partial charge in [-0.2, -0.15) is 0 Å². The summed E-state index contributed by atoms with van der Waals surface area (Å²) in [5.41, 5.74) is 6.76. The fourth-order valence-electron chi connectivity index (χ4n) is 1.51. The molecular formula is C13H17N3O2. The van der Waals surface area contributed by atoms with E-state index in [-0.39, 0.29) is 12.5 Å². The van der Waals surface area contributed by atoms with Gasteiger partial charge in [-0.15, -0.1) is 0 Å². The molecule has 1 aliphatic carbocycles. The third-order valence-electron chi connectivity index (χ3n) is 2.55. The molecule has 1 saturated carbocycles. The normalized spacial score (nSPS) is 15.2. The van der Waals surface area contributed by atoms with Gasteiger partial charge < -0.3 is 15.9 Å². The molecule has 3 N–H and O–H groups in total. The first-order chi connectivity index (χ1) is 8.74. The van der Waals surface area contributed by atoms with Crippen LogP contribution in [0.1, 0.15) is 18.4 Å². The highest BCUT2D eigenvalue weighted by atomic mass is 16.6. The summed E-state index contributed by atoms with van der Waals surface area (Å²) < 4.78 is 0. The van der Waals surface area contributed by atoms with Crippen molar-refractivity contribution in [3.05, 3.63) is 35.9 Å². The van der Waals surface area contributed by atoms with Crippen molar-refractivity contribution in [2.24, 2.45) is 10.9 Å². The van der Waals surface area contributed by atoms with E-state index in [2.05, 4.69) is 10.5 Å². The number of hydrogen-bond acceptors (Lipinski definition) is 3. The Morgan fingerprint density at radius 1 is 1.39 bits per heavy atom. The Bertz CT molecular complexity index is 427. The number of benzene rings is 1. The summed E-state index contributed by atoms with van der Waals surface area (Å²) in [6, 6.07) is 10.1. The van der Waals surface area contributed by atoms with E-state index in [0.29, 0.717) is 18.3 Å². The van der Waals surface area contributed by atoms with Gasteiger partial charge in [0.25, 0.3) is 5.91 Å². The Kier molecular flexibility index (Phi) is 4.17. The summed E-state index contributed by atoms with van der Waals surface area (Å²) in [4.78, 5) is 16.2. The van der Waals surface area contributed by atoms with Crippen molar-refractivity contribution in [3.63, 3.8) is 0 Å². The van der Waals surface area contributed by atoms with Crippen molar-refractivity contribution in [2.45, 2.75) is 25.3 Å². The third-order valence-corrected chi connectivity index (χ3v) is 2.55. The van der Waals surface area contributed by atoms with Gasteiger partial charge in [0.15, 0.2) is 6.61 Å². The molecule has 1 aliphatic rings. The molecule has 5 nitrogen and oxygen atoms in total. The maximum atomic E-state index is 11.3. The lowest BCUT2D eigenvalue weighted by Crippen LogP contribution is -2.29. The van der Waals surface area contributed by atoms with E-state index < -0.39 is 0 Å². The summed E-state index contributed by atoms with van der Waals surface area (Å²) in [5, 5.41) is 6.52. The number of nitrogens with two attached hydrogens (primary N) is 1. The van der Waals surface area contributed by atoms with Crippen molar-refractivity contribution < 1.29 is 9.63 Å². The van der Waals surface area contributed by atoms with E-state index in [4.69, 9.17) is 10.6 Å². The third kappa shape index (κ3) is 4.45. The van der Waals surface area contributed by atoms with Crippen molar-refractivity contribution >= 4 is 11.7 Å². The van der Waals surface area contributed by atoms with E-state index in [0.717, 1.165) is 18.4 Å². The average molecular weight is 247 g/mol. The molecule has 0 aromatic heterocycles. The predicted molar refractivity (Wildman–Crippen MR) is 68.9 cm³/mol. The summed E-state index contributed by atoms with van der Waals surface area (Å²) >= 11 is 0. The monoisotopic (exact) mass is 247 g/mol. The molecule has 1 fully saturated rings. The minimum absolute atomic E-state index is 0.0774. The molecule has 5 heteroatoms. The van der Waals surface area contributed by atoms with Gasteiger partial charge in [0, 0.05) is 12.5 Å². The van der Waals surface area contributed by atoms with Gasteiger partial charge in [0.05, 0.1) is 0 Å². The second kappa shape index (κ2) is 6.05. The molecule has 1 aromatic rings. The number of hydrogen-bond donors (Lipinski definition) is 2. The predicted octanol–water partition coefficient (Wildman–Crippen LogP) is 0.796. The van der Waals surface area contributed by atoms with E-state index >= 15 is 0 Å². The molecule has 0 spiro atoms. The SMILES string of the molecule is N/C(Cc1ccccc1)=N\OCC(=O)NC1CC1. The number of oxime groups is 1. The molecule has 0 aliphatic heterocycles. The van der Waals surface area contributed by atoms with Gasteiger partial charge in [0.1, 0.15) is 5.84 Å². The van der Waals surface area contributed by atoms with Crippen LogP contribution in [-0.2, 0) is 16.1 Å². The molecule has 0 bridgehead atoms. The number of nitrogens with zero attached hydrogens (tertiary/aromatic N) is 1. The number of rotatable bonds is 6. The van der Waals surface area contributed by atoms with E-state index in [9.17, 15) is 4.79 Å². The average Bonchev–Trinajstić information content (AvgIpc) is 3.14. The highest BCUT2D eigenvalue weighted by molar-refractivity contribution is 5.82. The van der Waals surface area contributed by atoms with E-state index in [1.54, 1.807) is 0 Å². The van der Waals surface area contributed by atoms with Crippen LogP contribution in [0.3, 0.4) is 0 Å². The van der Waals surface area contributed by atoms with Crippen LogP contribution in [0, 0.1) is 0 Å². The van der Waals surface area contributed by atoms with Crippen LogP contribution in [0.15, 0.2) is 35.5 Å². The number of carbonyl (C=O) groups excluding carboxylic acids is 1. The van der Waals surface area contributed by atoms with Gasteiger partial charge >= 0.3 is 0 Å². The summed E-state index contributed by atoms with van der Waals surface area (Å²) in [6.45, 7) is -0.0774. The van der Waals surface area contributed by atoms with Crippen LogP contribution in [0.2, 0.25) is 0 Å². The standard InChI is InChI=1S/C13H17N3O2/c14-12(8-10-4-2-1-3-5-10)16-18-9-13(17)15-11-6-7-11/h1-5,11H,6-9H2,(H2,14,16)(H,15,17). The van der Waals surface area contributed by atoms with E-state index in [1.165, 1.54) is 0 Å². The molecule has 0 unspecified atom stereocenters. The van der Waals surface area contributed by atoms with Gasteiger partial charge in [-0.05, 0) is 18.4 Å². The van der Waals surface area contributed by atoms with Crippen molar-refractivity contribution in [1.82, 2.24) is 5.32 Å². The molecular weight excluding hydrogens is 230 g/mol. The topological polar surface area (TPSA) is 76.7 Å². The lowest BCUT2D eigenvalue weighted by Gasteiger charge is -2.03. The highest BCUT2D eigenvalue weighted by Gasteiger charge is 2.23. The van der Waals surface area contributed by atoms with Crippen LogP contribution in [0.25, 0.3) is 0 Å². The fourth-order valence-corrected chi connectivity index (χ4v) is 1.51. The maximum Gasteiger partial charge on any atom is 0.260 e. The molecule has 0 radical (unpaired) electrons. The first-order valence-corrected chi connectivity index (χ1v) is 6.01. The fraction of sp³-hybridized carbons (Fsp3) is 0.385. The largest absolute Gasteiger partial charge is 0.384 e. The Morgan fingerprint density at radius 2 is 2.11 bits per heavy atom. The van der Waals surface area contributed by atoms with Gasteiger partial charge in [-0.1, -0.05) is 35.5 Å². The molecule has 1 aromatic carbocycles. The Hall–Kier alpha value is -2.04. The zero-order valence-corrected chi connectivity index (χ0v) is 10.1. The number of amidine groups is 1. The first kappa shape index (κ1) is 12.4. The summed E-state index contributed by atoms with van der Waals surface area (Å²) in [5.74, 6) is 0.217. The minimum Gasteiger partial charge on any atom is -0.384 e. The van der Waals surface area contributed by atoms with Crippen LogP contribution in [-0.4, -0.2) is 24.4 Å². The second-order valence-electron chi connectivity index (χ2n) is 4.36. The molecule has 96 valence electrons. The van der Waals surface area contributed by atoms with Gasteiger partial charge in [-0.25, -0.2) is 0 Å². The zero-order chi connectivity index (χ0) is 12.8. The van der Waals surface area contributed by atoms with Crippen LogP contribution in [0.4, 0.5) is 0 Å². The van der Waals surface area contributed by atoms with Crippen molar-refractivity contribution in [1.29, 1.82) is 0 Å². The summed E-state index contributed by atoms with van der Waals surface area (Å²) in [7, 11) is 0. The lowest BCUT2D eigenvalue weighted by molar-refractivity contribution is -0.125. The quantitative estimate of drug-likeness (QED) is 0.443. The maximum absolute atomic E-state index is 11.3. The van der Waals surface area contributed by atoms with Crippen LogP contribution in [0.5, 0.6) is 0 Å². The van der Waals surface area contributed by atoms with Gasteiger partial charge in [-0.3, -0.25) is 4.79 Å². The smallest absolute Gasteiger partial charge is 0.260 e. The minimum atomic E-state index is -0.145. The first-order valence-electron chi connectivity index (χ1n) is 6.01. The lowest BCUT2D eigenvalue weighted by atomic mass is 10.1. The van der Waals surface area contributed by atoms with Gasteiger partial charge in [0.2, 0.25) is 0 Å². The number of carbonyl (C=O) groups is 1. The molecule has 2 rings (SSSR count).